The van der Waals surface area contributed by atoms with Crippen LogP contribution in [0.15, 0.2) is 48.8 Å². The molecule has 0 spiro atoms. The van der Waals surface area contributed by atoms with E-state index in [1.807, 2.05) is 0 Å². The molecule has 0 aliphatic carbocycles. The number of hydrogen-bond acceptors (Lipinski definition) is 7. The Kier molecular flexibility index (Phi) is 5.46. The molecule has 3 aromatic rings. The van der Waals surface area contributed by atoms with Crippen LogP contribution in [0.1, 0.15) is 17.8 Å². The molecule has 0 bridgehead atoms. The van der Waals surface area contributed by atoms with E-state index in [0.29, 0.717) is 29.9 Å². The Morgan fingerprint density at radius 3 is 2.65 bits per heavy atom. The molecule has 0 saturated carbocycles. The van der Waals surface area contributed by atoms with Crippen LogP contribution in [0.25, 0.3) is 11.3 Å². The predicted octanol–water partition coefficient (Wildman–Crippen LogP) is 3.78. The second-order valence-electron chi connectivity index (χ2n) is 6.73. The van der Waals surface area contributed by atoms with Crippen molar-refractivity contribution in [1.29, 1.82) is 0 Å². The molecule has 4 rings (SSSR count). The summed E-state index contributed by atoms with van der Waals surface area (Å²) in [5, 5.41) is 10.8. The molecule has 3 heterocycles. The molecule has 1 aliphatic heterocycles. The highest BCUT2D eigenvalue weighted by Gasteiger charge is 2.31. The maximum Gasteiger partial charge on any atom is 0.573 e. The minimum absolute atomic E-state index is 0.221. The summed E-state index contributed by atoms with van der Waals surface area (Å²) in [6, 6.07) is 8.99. The third-order valence-electron chi connectivity index (χ3n) is 4.53. The minimum atomic E-state index is -4.73. The number of hydrogen-bond donors (Lipinski definition) is 1. The highest BCUT2D eigenvalue weighted by atomic mass is 19.4. The molecule has 1 aliphatic rings. The molecule has 162 valence electrons. The highest BCUT2D eigenvalue weighted by Crippen LogP contribution is 2.26. The number of benzene rings is 1. The Morgan fingerprint density at radius 2 is 2.00 bits per heavy atom. The number of rotatable bonds is 6. The molecule has 0 radical (unpaired) electrons. The van der Waals surface area contributed by atoms with E-state index in [4.69, 9.17) is 4.74 Å². The first-order chi connectivity index (χ1) is 14.8. The Balaban J connectivity index is 1.33. The second kappa shape index (κ2) is 8.22. The Bertz CT molecular complexity index is 1070. The van der Waals surface area contributed by atoms with Crippen molar-refractivity contribution in [3.63, 3.8) is 0 Å². The average Bonchev–Trinajstić information content (AvgIpc) is 3.16. The SMILES string of the molecule is O=[N+]([O-])c1cn2c(n1)CCC(OCc1ccc(-c3ccc(OC(F)(F)F)cc3)nc1)N2. The van der Waals surface area contributed by atoms with Crippen LogP contribution in [0, 0.1) is 10.1 Å². The summed E-state index contributed by atoms with van der Waals surface area (Å²) in [6.07, 6.45) is -1.01. The molecule has 1 N–H and O–H groups in total. The van der Waals surface area contributed by atoms with Gasteiger partial charge in [-0.3, -0.25) is 10.4 Å². The maximum absolute atomic E-state index is 12.2. The molecule has 2 aromatic heterocycles. The number of fused-ring (bicyclic) bond motifs is 1. The van der Waals surface area contributed by atoms with Gasteiger partial charge in [0.05, 0.1) is 12.3 Å². The zero-order valence-electron chi connectivity index (χ0n) is 15.9. The van der Waals surface area contributed by atoms with E-state index in [1.54, 1.807) is 18.3 Å². The van der Waals surface area contributed by atoms with E-state index in [-0.39, 0.29) is 24.4 Å². The topological polar surface area (TPSA) is 104 Å². The van der Waals surface area contributed by atoms with Crippen molar-refractivity contribution in [2.24, 2.45) is 0 Å². The van der Waals surface area contributed by atoms with Crippen LogP contribution in [-0.2, 0) is 17.8 Å². The molecular weight excluding hydrogens is 419 g/mol. The van der Waals surface area contributed by atoms with Gasteiger partial charge in [-0.15, -0.1) is 13.2 Å². The van der Waals surface area contributed by atoms with Crippen LogP contribution in [0.4, 0.5) is 19.0 Å². The number of ether oxygens (including phenoxy) is 2. The van der Waals surface area contributed by atoms with Gasteiger partial charge in [0.1, 0.15) is 18.2 Å². The summed E-state index contributed by atoms with van der Waals surface area (Å²) in [6.45, 7) is 0.259. The van der Waals surface area contributed by atoms with E-state index >= 15 is 0 Å². The first-order valence-corrected chi connectivity index (χ1v) is 9.19. The van der Waals surface area contributed by atoms with Crippen LogP contribution in [0.2, 0.25) is 0 Å². The van der Waals surface area contributed by atoms with E-state index in [0.717, 1.165) is 5.56 Å². The highest BCUT2D eigenvalue weighted by molar-refractivity contribution is 5.60. The average molecular weight is 435 g/mol. The van der Waals surface area contributed by atoms with E-state index in [1.165, 1.54) is 35.1 Å². The number of nitrogens with zero attached hydrogens (tertiary/aromatic N) is 4. The first kappa shape index (κ1) is 20.6. The number of aryl methyl sites for hydroxylation is 1. The molecule has 1 atom stereocenters. The summed E-state index contributed by atoms with van der Waals surface area (Å²) < 4.78 is 47.9. The molecule has 0 fully saturated rings. The van der Waals surface area contributed by atoms with Crippen molar-refractivity contribution in [2.45, 2.75) is 32.0 Å². The number of imidazole rings is 1. The summed E-state index contributed by atoms with van der Waals surface area (Å²) in [5.74, 6) is 0.0535. The van der Waals surface area contributed by atoms with Crippen LogP contribution in [0.5, 0.6) is 5.75 Å². The van der Waals surface area contributed by atoms with Crippen molar-refractivity contribution in [1.82, 2.24) is 14.6 Å². The van der Waals surface area contributed by atoms with Crippen LogP contribution in [-0.4, -0.2) is 32.2 Å². The maximum atomic E-state index is 12.2. The molecule has 0 saturated heterocycles. The molecule has 0 amide bonds. The van der Waals surface area contributed by atoms with E-state index < -0.39 is 11.3 Å². The lowest BCUT2D eigenvalue weighted by Gasteiger charge is -2.24. The lowest BCUT2D eigenvalue weighted by atomic mass is 10.1. The molecule has 12 heteroatoms. The van der Waals surface area contributed by atoms with Gasteiger partial charge in [-0.2, -0.15) is 0 Å². The normalized spacial score (nSPS) is 15.8. The van der Waals surface area contributed by atoms with Gasteiger partial charge < -0.3 is 19.6 Å². The number of alkyl halides is 3. The van der Waals surface area contributed by atoms with Gasteiger partial charge in [0, 0.05) is 24.6 Å². The number of nitrogens with one attached hydrogen (secondary N) is 1. The fraction of sp³-hybridized carbons (Fsp3) is 0.263. The second-order valence-corrected chi connectivity index (χ2v) is 6.73. The Labute approximate surface area is 173 Å². The smallest absolute Gasteiger partial charge is 0.406 e. The molecule has 31 heavy (non-hydrogen) atoms. The quantitative estimate of drug-likeness (QED) is 0.464. The number of pyridine rings is 1. The minimum Gasteiger partial charge on any atom is -0.406 e. The van der Waals surface area contributed by atoms with Crippen molar-refractivity contribution in [2.75, 3.05) is 5.43 Å². The van der Waals surface area contributed by atoms with E-state index in [2.05, 4.69) is 20.1 Å². The summed E-state index contributed by atoms with van der Waals surface area (Å²) in [4.78, 5) is 18.5. The van der Waals surface area contributed by atoms with Crippen molar-refractivity contribution in [3.8, 4) is 17.0 Å². The Morgan fingerprint density at radius 1 is 1.23 bits per heavy atom. The van der Waals surface area contributed by atoms with E-state index in [9.17, 15) is 23.3 Å². The van der Waals surface area contributed by atoms with Crippen LogP contribution >= 0.6 is 0 Å². The lowest BCUT2D eigenvalue weighted by Crippen LogP contribution is -2.36. The molecule has 1 aromatic carbocycles. The fourth-order valence-electron chi connectivity index (χ4n) is 3.09. The van der Waals surface area contributed by atoms with Gasteiger partial charge >= 0.3 is 12.2 Å². The van der Waals surface area contributed by atoms with Gasteiger partial charge in [-0.25, -0.2) is 4.68 Å². The van der Waals surface area contributed by atoms with Crippen LogP contribution in [0.3, 0.4) is 0 Å². The number of aromatic nitrogens is 3. The predicted molar refractivity (Wildman–Crippen MR) is 101 cm³/mol. The Hall–Kier alpha value is -3.67. The molecular formula is C19H16F3N5O4. The third-order valence-corrected chi connectivity index (χ3v) is 4.53. The zero-order chi connectivity index (χ0) is 22.0. The van der Waals surface area contributed by atoms with Gasteiger partial charge in [-0.05, 0) is 45.8 Å². The van der Waals surface area contributed by atoms with Crippen molar-refractivity contribution in [3.05, 3.63) is 70.3 Å². The summed E-state index contributed by atoms with van der Waals surface area (Å²) in [5.41, 5.74) is 5.05. The lowest BCUT2D eigenvalue weighted by molar-refractivity contribution is -0.389. The van der Waals surface area contributed by atoms with Crippen molar-refractivity contribution < 1.29 is 27.6 Å². The monoisotopic (exact) mass is 435 g/mol. The fourth-order valence-corrected chi connectivity index (χ4v) is 3.09. The zero-order valence-corrected chi connectivity index (χ0v) is 15.9. The van der Waals surface area contributed by atoms with Gasteiger partial charge in [0.25, 0.3) is 0 Å². The van der Waals surface area contributed by atoms with Gasteiger partial charge in [0.2, 0.25) is 5.82 Å². The summed E-state index contributed by atoms with van der Waals surface area (Å²) >= 11 is 0. The van der Waals surface area contributed by atoms with Crippen LogP contribution < -0.4 is 10.2 Å². The summed E-state index contributed by atoms with van der Waals surface area (Å²) in [7, 11) is 0. The third kappa shape index (κ3) is 5.09. The molecule has 1 unspecified atom stereocenters. The van der Waals surface area contributed by atoms with Crippen molar-refractivity contribution >= 4 is 5.82 Å². The largest absolute Gasteiger partial charge is 0.573 e. The first-order valence-electron chi connectivity index (χ1n) is 9.19. The number of halogens is 3. The number of nitro groups is 1. The standard InChI is InChI=1S/C19H16F3N5O4/c20-19(21,22)31-14-4-2-13(3-5-14)15-6-1-12(9-23-15)11-30-18-8-7-16-24-17(27(28)29)10-26(16)25-18/h1-6,9-10,18,25H,7-8,11H2. The van der Waals surface area contributed by atoms with Gasteiger partial charge in [0.15, 0.2) is 0 Å². The van der Waals surface area contributed by atoms with Gasteiger partial charge in [-0.1, -0.05) is 6.07 Å². The molecule has 9 nitrogen and oxygen atoms in total.